The molecular weight excluding hydrogens is 294 g/mol. The van der Waals surface area contributed by atoms with Crippen LogP contribution in [0.4, 0.5) is 5.82 Å². The fourth-order valence-corrected chi connectivity index (χ4v) is 2.96. The first-order valence-electron chi connectivity index (χ1n) is 7.06. The summed E-state index contributed by atoms with van der Waals surface area (Å²) in [6.45, 7) is 0. The second-order valence-corrected chi connectivity index (χ2v) is 5.47. The summed E-state index contributed by atoms with van der Waals surface area (Å²) in [6, 6.07) is 11.3. The molecule has 1 aromatic carbocycles. The Morgan fingerprint density at radius 3 is 2.43 bits per heavy atom. The maximum Gasteiger partial charge on any atom is 0.332 e. The largest absolute Gasteiger partial charge is 0.386 e. The maximum absolute atomic E-state index is 12.7. The number of hydrogen-bond donors (Lipinski definition) is 1. The minimum atomic E-state index is -0.755. The summed E-state index contributed by atoms with van der Waals surface area (Å²) in [5, 5.41) is 9.51. The number of amidine groups is 1. The fourth-order valence-electron chi connectivity index (χ4n) is 2.96. The highest BCUT2D eigenvalue weighted by Crippen LogP contribution is 2.38. The molecule has 0 aliphatic carbocycles. The van der Waals surface area contributed by atoms with E-state index in [0.29, 0.717) is 5.56 Å². The van der Waals surface area contributed by atoms with E-state index < -0.39 is 23.1 Å². The molecule has 0 fully saturated rings. The number of benzene rings is 1. The minimum Gasteiger partial charge on any atom is -0.386 e. The van der Waals surface area contributed by atoms with Crippen LogP contribution in [0, 0.1) is 17.2 Å². The van der Waals surface area contributed by atoms with Crippen molar-refractivity contribution < 1.29 is 0 Å². The van der Waals surface area contributed by atoms with Gasteiger partial charge in [-0.25, -0.2) is 9.79 Å². The molecule has 0 saturated carbocycles. The van der Waals surface area contributed by atoms with E-state index in [-0.39, 0.29) is 11.7 Å². The molecule has 3 rings (SSSR count). The summed E-state index contributed by atoms with van der Waals surface area (Å²) >= 11 is 0. The van der Waals surface area contributed by atoms with Crippen LogP contribution in [0.15, 0.2) is 44.9 Å². The van der Waals surface area contributed by atoms with Gasteiger partial charge in [0.15, 0.2) is 0 Å². The first-order chi connectivity index (χ1) is 11.0. The third kappa shape index (κ3) is 2.07. The molecule has 0 radical (unpaired) electrons. The molecule has 0 spiro atoms. The summed E-state index contributed by atoms with van der Waals surface area (Å²) in [6.07, 6.45) is 0. The first kappa shape index (κ1) is 14.8. The van der Waals surface area contributed by atoms with E-state index in [4.69, 9.17) is 5.73 Å². The SMILES string of the molecule is Cn1c2c(c(=O)n(C)c1=O)[C@H](c1ccccc1)[C@H](C#N)C(N)=N2. The lowest BCUT2D eigenvalue weighted by Crippen LogP contribution is -2.43. The number of nitrogens with two attached hydrogens (primary N) is 1. The number of aromatic nitrogens is 2. The topological polar surface area (TPSA) is 106 Å². The average molecular weight is 309 g/mol. The molecule has 7 heteroatoms. The Balaban J connectivity index is 2.44. The Kier molecular flexibility index (Phi) is 3.37. The monoisotopic (exact) mass is 309 g/mol. The van der Waals surface area contributed by atoms with Crippen LogP contribution in [0.1, 0.15) is 17.0 Å². The molecular formula is C16H15N5O2. The molecule has 0 unspecified atom stereocenters. The smallest absolute Gasteiger partial charge is 0.332 e. The van der Waals surface area contributed by atoms with Gasteiger partial charge in [0.2, 0.25) is 0 Å². The molecule has 0 amide bonds. The molecule has 1 aromatic heterocycles. The number of rotatable bonds is 1. The van der Waals surface area contributed by atoms with Crippen molar-refractivity contribution >= 4 is 11.7 Å². The quantitative estimate of drug-likeness (QED) is 0.820. The lowest BCUT2D eigenvalue weighted by atomic mass is 9.79. The molecule has 2 heterocycles. The van der Waals surface area contributed by atoms with Crippen molar-refractivity contribution in [3.63, 3.8) is 0 Å². The second kappa shape index (κ2) is 5.25. The summed E-state index contributed by atoms with van der Waals surface area (Å²) in [5.41, 5.74) is 6.12. The Labute approximate surface area is 131 Å². The van der Waals surface area contributed by atoms with Crippen LogP contribution < -0.4 is 17.0 Å². The van der Waals surface area contributed by atoms with Crippen molar-refractivity contribution in [2.45, 2.75) is 5.92 Å². The van der Waals surface area contributed by atoms with Gasteiger partial charge in [-0.3, -0.25) is 13.9 Å². The zero-order chi connectivity index (χ0) is 16.7. The lowest BCUT2D eigenvalue weighted by Gasteiger charge is -2.28. The van der Waals surface area contributed by atoms with Crippen LogP contribution in [0.3, 0.4) is 0 Å². The van der Waals surface area contributed by atoms with E-state index >= 15 is 0 Å². The second-order valence-electron chi connectivity index (χ2n) is 5.47. The van der Waals surface area contributed by atoms with Crippen LogP contribution in [-0.4, -0.2) is 15.0 Å². The highest BCUT2D eigenvalue weighted by Gasteiger charge is 2.37. The molecule has 2 N–H and O–H groups in total. The van der Waals surface area contributed by atoms with Gasteiger partial charge >= 0.3 is 5.69 Å². The van der Waals surface area contributed by atoms with Gasteiger partial charge in [0.1, 0.15) is 17.6 Å². The summed E-state index contributed by atoms with van der Waals surface area (Å²) in [5.74, 6) is -0.984. The molecule has 0 bridgehead atoms. The predicted molar refractivity (Wildman–Crippen MR) is 85.6 cm³/mol. The van der Waals surface area contributed by atoms with Crippen molar-refractivity contribution in [3.8, 4) is 6.07 Å². The van der Waals surface area contributed by atoms with Gasteiger partial charge in [-0.2, -0.15) is 5.26 Å². The molecule has 0 saturated heterocycles. The van der Waals surface area contributed by atoms with E-state index in [9.17, 15) is 14.9 Å². The normalized spacial score (nSPS) is 19.6. The van der Waals surface area contributed by atoms with Gasteiger partial charge in [0, 0.05) is 20.0 Å². The molecule has 23 heavy (non-hydrogen) atoms. The molecule has 116 valence electrons. The third-order valence-electron chi connectivity index (χ3n) is 4.16. The van der Waals surface area contributed by atoms with E-state index in [1.54, 1.807) is 0 Å². The van der Waals surface area contributed by atoms with Crippen molar-refractivity contribution in [2.24, 2.45) is 30.7 Å². The number of nitriles is 1. The Hall–Kier alpha value is -3.14. The van der Waals surface area contributed by atoms with Crippen molar-refractivity contribution in [3.05, 3.63) is 62.3 Å². The van der Waals surface area contributed by atoms with Crippen molar-refractivity contribution in [2.75, 3.05) is 0 Å². The van der Waals surface area contributed by atoms with Gasteiger partial charge in [0.25, 0.3) is 5.56 Å². The maximum atomic E-state index is 12.7. The average Bonchev–Trinajstić information content (AvgIpc) is 2.57. The third-order valence-corrected chi connectivity index (χ3v) is 4.16. The zero-order valence-electron chi connectivity index (χ0n) is 12.7. The van der Waals surface area contributed by atoms with Crippen LogP contribution in [0.25, 0.3) is 0 Å². The molecule has 2 atom stereocenters. The van der Waals surface area contributed by atoms with Gasteiger partial charge < -0.3 is 5.73 Å². The van der Waals surface area contributed by atoms with Crippen molar-refractivity contribution in [1.29, 1.82) is 5.26 Å². The van der Waals surface area contributed by atoms with Gasteiger partial charge in [-0.05, 0) is 5.56 Å². The predicted octanol–water partition coefficient (Wildman–Crippen LogP) is 0.358. The molecule has 7 nitrogen and oxygen atoms in total. The molecule has 1 aliphatic heterocycles. The van der Waals surface area contributed by atoms with E-state index in [1.807, 2.05) is 30.3 Å². The number of hydrogen-bond acceptors (Lipinski definition) is 5. The van der Waals surface area contributed by atoms with Gasteiger partial charge in [0.05, 0.1) is 11.6 Å². The van der Waals surface area contributed by atoms with E-state index in [0.717, 1.165) is 10.1 Å². The number of fused-ring (bicyclic) bond motifs is 1. The number of aliphatic imine (C=N–C) groups is 1. The lowest BCUT2D eigenvalue weighted by molar-refractivity contribution is 0.620. The standard InChI is InChI=1S/C16H15N5O2/c1-20-14-12(15(22)21(2)16(20)23)11(9-6-4-3-5-7-9)10(8-17)13(18)19-14/h3-7,10-11H,1-2H3,(H2,18,19)/t10-,11+/m0/s1. The molecule has 1 aliphatic rings. The van der Waals surface area contributed by atoms with E-state index in [2.05, 4.69) is 11.1 Å². The van der Waals surface area contributed by atoms with Crippen LogP contribution >= 0.6 is 0 Å². The fraction of sp³-hybridized carbons (Fsp3) is 0.250. The molecule has 2 aromatic rings. The summed E-state index contributed by atoms with van der Waals surface area (Å²) in [4.78, 5) is 28.9. The van der Waals surface area contributed by atoms with Crippen LogP contribution in [-0.2, 0) is 14.1 Å². The van der Waals surface area contributed by atoms with Crippen molar-refractivity contribution in [1.82, 2.24) is 9.13 Å². The van der Waals surface area contributed by atoms with Gasteiger partial charge in [-0.15, -0.1) is 0 Å². The van der Waals surface area contributed by atoms with Crippen LogP contribution in [0.2, 0.25) is 0 Å². The van der Waals surface area contributed by atoms with E-state index in [1.165, 1.54) is 18.7 Å². The van der Waals surface area contributed by atoms with Crippen LogP contribution in [0.5, 0.6) is 0 Å². The minimum absolute atomic E-state index is 0.108. The highest BCUT2D eigenvalue weighted by molar-refractivity contribution is 5.91. The summed E-state index contributed by atoms with van der Waals surface area (Å²) in [7, 11) is 2.95. The Morgan fingerprint density at radius 2 is 1.83 bits per heavy atom. The first-order valence-corrected chi connectivity index (χ1v) is 7.06. The zero-order valence-corrected chi connectivity index (χ0v) is 12.7. The number of nitrogens with zero attached hydrogens (tertiary/aromatic N) is 4. The highest BCUT2D eigenvalue weighted by atomic mass is 16.2. The summed E-state index contributed by atoms with van der Waals surface area (Å²) < 4.78 is 2.31. The Bertz CT molecular complexity index is 963. The van der Waals surface area contributed by atoms with Gasteiger partial charge in [-0.1, -0.05) is 30.3 Å². The Morgan fingerprint density at radius 1 is 1.17 bits per heavy atom.